The molecule has 45 heavy (non-hydrogen) atoms. The number of amides is 1. The summed E-state index contributed by atoms with van der Waals surface area (Å²) in [5, 5.41) is 6.57. The summed E-state index contributed by atoms with van der Waals surface area (Å²) in [6, 6.07) is 12.7. The van der Waals surface area contributed by atoms with Crippen molar-refractivity contribution in [3.8, 4) is 23.0 Å². The highest BCUT2D eigenvalue weighted by Crippen LogP contribution is 2.39. The third-order valence-corrected chi connectivity index (χ3v) is 8.01. The van der Waals surface area contributed by atoms with Crippen molar-refractivity contribution in [2.45, 2.75) is 25.8 Å². The number of fused-ring (bicyclic) bond motifs is 2. The molecule has 3 heterocycles. The van der Waals surface area contributed by atoms with E-state index in [0.717, 1.165) is 36.0 Å². The Balaban J connectivity index is 1.29. The molecule has 1 aliphatic rings. The van der Waals surface area contributed by atoms with Crippen molar-refractivity contribution in [3.05, 3.63) is 72.6 Å². The number of aromatic nitrogens is 4. The molecule has 1 aliphatic heterocycles. The van der Waals surface area contributed by atoms with Crippen molar-refractivity contribution in [3.63, 3.8) is 0 Å². The first-order chi connectivity index (χ1) is 21.7. The molecule has 1 fully saturated rings. The lowest BCUT2D eigenvalue weighted by atomic mass is 10.1. The number of benzene rings is 3. The number of hydrogen-bond donors (Lipinski definition) is 2. The van der Waals surface area contributed by atoms with Crippen LogP contribution in [-0.2, 0) is 11.8 Å². The molecule has 3 aromatic carbocycles. The molecular weight excluding hydrogens is 577 g/mol. The van der Waals surface area contributed by atoms with E-state index in [1.165, 1.54) is 19.5 Å². The second-order valence-electron chi connectivity index (χ2n) is 11.0. The normalized spacial score (nSPS) is 15.4. The summed E-state index contributed by atoms with van der Waals surface area (Å²) in [5.41, 5.74) is 4.18. The molecule has 232 valence electrons. The third-order valence-electron chi connectivity index (χ3n) is 8.01. The summed E-state index contributed by atoms with van der Waals surface area (Å²) in [6.07, 6.45) is 6.32. The predicted molar refractivity (Wildman–Crippen MR) is 171 cm³/mol. The number of imidazole rings is 1. The Labute approximate surface area is 259 Å². The minimum absolute atomic E-state index is 0.113. The van der Waals surface area contributed by atoms with Crippen LogP contribution in [0.15, 0.2) is 67.0 Å². The first-order valence-electron chi connectivity index (χ1n) is 14.5. The molecule has 0 saturated carbocycles. The molecule has 2 N–H and O–H groups in total. The van der Waals surface area contributed by atoms with Gasteiger partial charge in [0.1, 0.15) is 35.1 Å². The number of rotatable bonds is 9. The van der Waals surface area contributed by atoms with Crippen molar-refractivity contribution in [2.24, 2.45) is 7.05 Å². The van der Waals surface area contributed by atoms with E-state index < -0.39 is 11.7 Å². The Hall–Kier alpha value is -5.23. The molecule has 0 radical (unpaired) electrons. The van der Waals surface area contributed by atoms with Crippen LogP contribution in [0.5, 0.6) is 23.0 Å². The molecule has 1 atom stereocenters. The lowest BCUT2D eigenvalue weighted by Gasteiger charge is -2.17. The minimum atomic E-state index is -0.852. The zero-order chi connectivity index (χ0) is 31.7. The van der Waals surface area contributed by atoms with Crippen LogP contribution in [0.2, 0.25) is 0 Å². The highest BCUT2D eigenvalue weighted by Gasteiger charge is 2.22. The third kappa shape index (κ3) is 6.09. The number of carbonyl (C=O) groups excluding carboxylic acids is 1. The first kappa shape index (κ1) is 29.8. The van der Waals surface area contributed by atoms with Crippen molar-refractivity contribution in [1.29, 1.82) is 0 Å². The van der Waals surface area contributed by atoms with Crippen LogP contribution in [0.3, 0.4) is 0 Å². The quantitative estimate of drug-likeness (QED) is 0.186. The number of likely N-dealkylation sites (tertiary alicyclic amines) is 1. The number of halogens is 1. The highest BCUT2D eigenvalue weighted by molar-refractivity contribution is 6.05. The highest BCUT2D eigenvalue weighted by atomic mass is 19.1. The molecule has 0 aliphatic carbocycles. The largest absolute Gasteiger partial charge is 0.494 e. The lowest BCUT2D eigenvalue weighted by molar-refractivity contribution is -0.114. The molecule has 2 aromatic heterocycles. The maximum atomic E-state index is 14.9. The van der Waals surface area contributed by atoms with Gasteiger partial charge in [-0.1, -0.05) is 0 Å². The van der Waals surface area contributed by atoms with Crippen LogP contribution in [-0.4, -0.2) is 64.2 Å². The summed E-state index contributed by atoms with van der Waals surface area (Å²) < 4.78 is 34.3. The molecule has 1 unspecified atom stereocenters. The zero-order valence-electron chi connectivity index (χ0n) is 25.7. The molecular formula is C33H34FN7O4. The maximum absolute atomic E-state index is 14.9. The number of nitrogens with zero attached hydrogens (tertiary/aromatic N) is 5. The van der Waals surface area contributed by atoms with Crippen LogP contribution in [0.25, 0.3) is 21.9 Å². The Kier molecular flexibility index (Phi) is 8.22. The van der Waals surface area contributed by atoms with Crippen LogP contribution < -0.4 is 24.8 Å². The average molecular weight is 612 g/mol. The number of methoxy groups -OCH3 is 2. The Morgan fingerprint density at radius 3 is 2.53 bits per heavy atom. The monoisotopic (exact) mass is 611 g/mol. The number of nitrogens with one attached hydrogen (secondary N) is 2. The van der Waals surface area contributed by atoms with Gasteiger partial charge in [0.05, 0.1) is 48.5 Å². The lowest BCUT2D eigenvalue weighted by Crippen LogP contribution is -2.24. The van der Waals surface area contributed by atoms with Gasteiger partial charge in [-0.2, -0.15) is 0 Å². The van der Waals surface area contributed by atoms with E-state index in [4.69, 9.17) is 14.2 Å². The van der Waals surface area contributed by atoms with E-state index in [-0.39, 0.29) is 11.7 Å². The molecule has 0 spiro atoms. The molecule has 1 saturated heterocycles. The van der Waals surface area contributed by atoms with E-state index in [2.05, 4.69) is 25.6 Å². The molecule has 12 heteroatoms. The van der Waals surface area contributed by atoms with Gasteiger partial charge in [-0.05, 0) is 69.3 Å². The number of likely N-dealkylation sites (N-methyl/N-ethyl adjacent to an activating group) is 1. The number of ether oxygens (including phenoxy) is 3. The first-order valence-corrected chi connectivity index (χ1v) is 14.5. The Bertz CT molecular complexity index is 1940. The van der Waals surface area contributed by atoms with Gasteiger partial charge in [-0.15, -0.1) is 0 Å². The van der Waals surface area contributed by atoms with Crippen LogP contribution in [0, 0.1) is 6.92 Å². The molecule has 0 bridgehead atoms. The molecule has 1 amide bonds. The molecule has 6 rings (SSSR count). The fourth-order valence-electron chi connectivity index (χ4n) is 5.49. The van der Waals surface area contributed by atoms with E-state index in [0.29, 0.717) is 45.4 Å². The maximum Gasteiger partial charge on any atom is 0.284 e. The Morgan fingerprint density at radius 2 is 1.78 bits per heavy atom. The fourth-order valence-corrected chi connectivity index (χ4v) is 5.49. The number of aryl methyl sites for hydroxylation is 2. The van der Waals surface area contributed by atoms with Crippen molar-refractivity contribution in [2.75, 3.05) is 38.4 Å². The molecule has 11 nitrogen and oxygen atoms in total. The van der Waals surface area contributed by atoms with Crippen LogP contribution in [0.1, 0.15) is 18.4 Å². The van der Waals surface area contributed by atoms with E-state index in [1.54, 1.807) is 31.6 Å². The number of anilines is 3. The average Bonchev–Trinajstić information content (AvgIpc) is 3.62. The fraction of sp³-hybridized carbons (Fsp3) is 0.273. The van der Waals surface area contributed by atoms with Gasteiger partial charge in [-0.3, -0.25) is 9.69 Å². The smallest absolute Gasteiger partial charge is 0.284 e. The van der Waals surface area contributed by atoms with Gasteiger partial charge in [0, 0.05) is 36.7 Å². The van der Waals surface area contributed by atoms with Crippen LogP contribution >= 0.6 is 0 Å². The standard InChI is InChI=1S/C33H34FN7O4/c1-19-11-26(31(44-5)16-29(19)45-21-8-9-24-28(13-21)41(3)18-37-24)38-32-22-14-27(30(43-4)15-25(22)35-17-36-32)39-33(42)23(34)12-20-7-6-10-40(20)2/h8-9,11-18,20H,6-7,10H2,1-5H3,(H,39,42)(H,35,36,38)/b23-12+. The SMILES string of the molecule is COc1cc2ncnc(Nc3cc(C)c(Oc4ccc5ncn(C)c5c4)cc3OC)c2cc1NC(=O)/C(F)=C\C1CCCN1C. The number of carbonyl (C=O) groups is 1. The summed E-state index contributed by atoms with van der Waals surface area (Å²) >= 11 is 0. The van der Waals surface area contributed by atoms with Gasteiger partial charge in [0.15, 0.2) is 5.83 Å². The summed E-state index contributed by atoms with van der Waals surface area (Å²) in [5.74, 6) is 0.912. The van der Waals surface area contributed by atoms with E-state index in [9.17, 15) is 9.18 Å². The van der Waals surface area contributed by atoms with Gasteiger partial charge in [-0.25, -0.2) is 19.3 Å². The number of hydrogen-bond acceptors (Lipinski definition) is 9. The topological polar surface area (TPSA) is 116 Å². The van der Waals surface area contributed by atoms with E-state index in [1.807, 2.05) is 54.8 Å². The van der Waals surface area contributed by atoms with Crippen LogP contribution in [0.4, 0.5) is 21.6 Å². The molecule has 5 aromatic rings. The van der Waals surface area contributed by atoms with Gasteiger partial charge >= 0.3 is 0 Å². The second-order valence-corrected chi connectivity index (χ2v) is 11.0. The Morgan fingerprint density at radius 1 is 0.978 bits per heavy atom. The zero-order valence-corrected chi connectivity index (χ0v) is 25.7. The summed E-state index contributed by atoms with van der Waals surface area (Å²) in [4.78, 5) is 28.0. The van der Waals surface area contributed by atoms with Gasteiger partial charge in [0.2, 0.25) is 0 Å². The van der Waals surface area contributed by atoms with Crippen molar-refractivity contribution >= 4 is 45.0 Å². The van der Waals surface area contributed by atoms with Crippen molar-refractivity contribution in [1.82, 2.24) is 24.4 Å². The van der Waals surface area contributed by atoms with Crippen molar-refractivity contribution < 1.29 is 23.4 Å². The summed E-state index contributed by atoms with van der Waals surface area (Å²) in [6.45, 7) is 2.80. The predicted octanol–water partition coefficient (Wildman–Crippen LogP) is 6.26. The minimum Gasteiger partial charge on any atom is -0.494 e. The summed E-state index contributed by atoms with van der Waals surface area (Å²) in [7, 11) is 6.90. The van der Waals surface area contributed by atoms with Gasteiger partial charge in [0.25, 0.3) is 5.91 Å². The van der Waals surface area contributed by atoms with Gasteiger partial charge < -0.3 is 29.4 Å². The van der Waals surface area contributed by atoms with E-state index >= 15 is 0 Å². The second kappa shape index (κ2) is 12.4.